The van der Waals surface area contributed by atoms with Crippen molar-refractivity contribution in [3.8, 4) is 0 Å². The van der Waals surface area contributed by atoms with Crippen LogP contribution < -0.4 is 25.5 Å². The Bertz CT molecular complexity index is 452. The maximum atomic E-state index is 9.42. The van der Waals surface area contributed by atoms with Crippen LogP contribution in [0.3, 0.4) is 0 Å². The summed E-state index contributed by atoms with van der Waals surface area (Å²) in [5.41, 5.74) is 0. The second-order valence-electron chi connectivity index (χ2n) is 4.32. The quantitative estimate of drug-likeness (QED) is 0.207. The summed E-state index contributed by atoms with van der Waals surface area (Å²) >= 11 is 0. The molecule has 0 saturated carbocycles. The minimum absolute atomic E-state index is 0. The van der Waals surface area contributed by atoms with Gasteiger partial charge in [-0.1, -0.05) is 30.4 Å². The van der Waals surface area contributed by atoms with Gasteiger partial charge in [0.25, 0.3) is 0 Å². The Morgan fingerprint density at radius 2 is 0.516 bits per heavy atom. The maximum absolute atomic E-state index is 9.42. The number of carboxylic acids is 5. The van der Waals surface area contributed by atoms with Gasteiger partial charge >= 0.3 is 22.4 Å². The van der Waals surface area contributed by atoms with Crippen molar-refractivity contribution in [3.05, 3.63) is 63.3 Å². The smallest absolute Gasteiger partial charge is 0.550 e. The van der Waals surface area contributed by atoms with E-state index in [1.54, 1.807) is 0 Å². The van der Waals surface area contributed by atoms with Gasteiger partial charge in [0.1, 0.15) is 0 Å². The molecule has 0 atom stereocenters. The van der Waals surface area contributed by atoms with Crippen LogP contribution in [-0.4, -0.2) is 29.8 Å². The molecule has 0 heterocycles. The van der Waals surface area contributed by atoms with Crippen LogP contribution in [0.1, 0.15) is 32.1 Å². The van der Waals surface area contributed by atoms with Crippen LogP contribution in [0.5, 0.6) is 0 Å². The molecule has 0 bridgehead atoms. The molecule has 0 N–H and O–H groups in total. The van der Waals surface area contributed by atoms with Gasteiger partial charge in [-0.15, -0.1) is 32.9 Å². The van der Waals surface area contributed by atoms with E-state index in [9.17, 15) is 49.5 Å². The van der Waals surface area contributed by atoms with E-state index in [-0.39, 0.29) is 54.5 Å². The molecule has 170 valence electrons. The fourth-order valence-electron chi connectivity index (χ4n) is 0.589. The van der Waals surface area contributed by atoms with Crippen LogP contribution in [0.15, 0.2) is 63.3 Å². The van der Waals surface area contributed by atoms with Gasteiger partial charge in [-0.3, -0.25) is 0 Å². The standard InChI is InChI=1S/5C4H6O2.Nb/c5*1-2-3-4(5)6;/h5*2H,1,3H2,(H,5,6);/q;;;;;+5/p-5. The van der Waals surface area contributed by atoms with Crippen LogP contribution in [-0.2, 0) is 46.4 Å². The predicted molar refractivity (Wildman–Crippen MR) is 99.1 cm³/mol. The van der Waals surface area contributed by atoms with Crippen LogP contribution in [0.4, 0.5) is 0 Å². The summed E-state index contributed by atoms with van der Waals surface area (Å²) in [5, 5.41) is 47.1. The van der Waals surface area contributed by atoms with E-state index < -0.39 is 29.8 Å². The van der Waals surface area contributed by atoms with Gasteiger partial charge in [-0.25, -0.2) is 0 Å². The molecule has 0 amide bonds. The number of aliphatic carboxylic acids is 5. The molecule has 0 rings (SSSR count). The number of carboxylic acid groups (broad SMARTS) is 5. The van der Waals surface area contributed by atoms with Crippen molar-refractivity contribution in [1.29, 1.82) is 0 Å². The van der Waals surface area contributed by atoms with E-state index in [1.165, 1.54) is 30.4 Å². The molecule has 0 aliphatic rings. The fraction of sp³-hybridized carbons (Fsp3) is 0.250. The normalized spacial score (nSPS) is 7.10. The van der Waals surface area contributed by atoms with Crippen LogP contribution in [0, 0.1) is 0 Å². The Balaban J connectivity index is -0.0000000625. The molecule has 0 aromatic rings. The summed E-state index contributed by atoms with van der Waals surface area (Å²) in [4.78, 5) is 47.1. The SMILES string of the molecule is C=CCC(=O)[O-].C=CCC(=O)[O-].C=CCC(=O)[O-].C=CCC(=O)[O-].C=CCC(=O)[O-].[Nb+5]. The van der Waals surface area contributed by atoms with E-state index in [0.29, 0.717) is 0 Å². The van der Waals surface area contributed by atoms with Crippen molar-refractivity contribution in [3.63, 3.8) is 0 Å². The molecular formula is C20H25NbO10. The first-order valence-electron chi connectivity index (χ1n) is 7.89. The van der Waals surface area contributed by atoms with Gasteiger partial charge in [0.05, 0.1) is 0 Å². The van der Waals surface area contributed by atoms with Crippen molar-refractivity contribution >= 4 is 29.8 Å². The van der Waals surface area contributed by atoms with Crippen molar-refractivity contribution < 1.29 is 71.9 Å². The van der Waals surface area contributed by atoms with Gasteiger partial charge in [-0.05, 0) is 0 Å². The van der Waals surface area contributed by atoms with Gasteiger partial charge in [0.2, 0.25) is 0 Å². The number of carbonyl (C=O) groups excluding carboxylic acids is 5. The minimum atomic E-state index is -1.08. The Kier molecular flexibility index (Phi) is 50.9. The van der Waals surface area contributed by atoms with Crippen LogP contribution >= 0.6 is 0 Å². The summed E-state index contributed by atoms with van der Waals surface area (Å²) in [6, 6.07) is 0. The van der Waals surface area contributed by atoms with Gasteiger partial charge < -0.3 is 49.5 Å². The third-order valence-electron chi connectivity index (χ3n) is 1.56. The maximum Gasteiger partial charge on any atom is 5.00 e. The van der Waals surface area contributed by atoms with E-state index in [2.05, 4.69) is 32.9 Å². The zero-order valence-electron chi connectivity index (χ0n) is 17.0. The average molecular weight is 518 g/mol. The number of rotatable bonds is 10. The molecule has 0 unspecified atom stereocenters. The molecule has 0 saturated heterocycles. The first-order chi connectivity index (χ1) is 13.9. The van der Waals surface area contributed by atoms with Crippen molar-refractivity contribution in [1.82, 2.24) is 0 Å². The molecule has 10 nitrogen and oxygen atoms in total. The zero-order valence-corrected chi connectivity index (χ0v) is 19.2. The Labute approximate surface area is 197 Å². The second kappa shape index (κ2) is 37.5. The molecule has 0 radical (unpaired) electrons. The average Bonchev–Trinajstić information content (AvgIpc) is 2.56. The van der Waals surface area contributed by atoms with Crippen molar-refractivity contribution in [2.24, 2.45) is 0 Å². The third-order valence-corrected chi connectivity index (χ3v) is 1.56. The van der Waals surface area contributed by atoms with Crippen LogP contribution in [0.25, 0.3) is 0 Å². The Morgan fingerprint density at radius 1 is 0.419 bits per heavy atom. The largest absolute Gasteiger partial charge is 5.00 e. The third kappa shape index (κ3) is 118. The second-order valence-corrected chi connectivity index (χ2v) is 4.32. The monoisotopic (exact) mass is 518 g/mol. The number of hydrogen-bond donors (Lipinski definition) is 0. The van der Waals surface area contributed by atoms with Crippen molar-refractivity contribution in [2.75, 3.05) is 0 Å². The summed E-state index contributed by atoms with van der Waals surface area (Å²) in [6.07, 6.45) is 6.16. The molecule has 0 spiro atoms. The molecule has 11 heteroatoms. The zero-order chi connectivity index (χ0) is 25.0. The van der Waals surface area contributed by atoms with Gasteiger partial charge in [0, 0.05) is 62.0 Å². The summed E-state index contributed by atoms with van der Waals surface area (Å²) in [7, 11) is 0. The molecular weight excluding hydrogens is 493 g/mol. The molecule has 31 heavy (non-hydrogen) atoms. The molecule has 0 aromatic carbocycles. The Morgan fingerprint density at radius 3 is 0.516 bits per heavy atom. The Hall–Kier alpha value is -3.21. The van der Waals surface area contributed by atoms with E-state index in [1.807, 2.05) is 0 Å². The summed E-state index contributed by atoms with van der Waals surface area (Å²) in [6.45, 7) is 15.9. The predicted octanol–water partition coefficient (Wildman–Crippen LogP) is -3.44. The van der Waals surface area contributed by atoms with E-state index in [4.69, 9.17) is 0 Å². The van der Waals surface area contributed by atoms with Gasteiger partial charge in [0.15, 0.2) is 0 Å². The number of carbonyl (C=O) groups is 5. The molecule has 0 aliphatic heterocycles. The van der Waals surface area contributed by atoms with Crippen LogP contribution in [0.2, 0.25) is 0 Å². The topological polar surface area (TPSA) is 201 Å². The van der Waals surface area contributed by atoms with E-state index in [0.717, 1.165) is 0 Å². The molecule has 0 aromatic heterocycles. The molecule has 0 aliphatic carbocycles. The summed E-state index contributed by atoms with van der Waals surface area (Å²) in [5.74, 6) is -5.39. The fourth-order valence-corrected chi connectivity index (χ4v) is 0.589. The van der Waals surface area contributed by atoms with Crippen molar-refractivity contribution in [2.45, 2.75) is 32.1 Å². The van der Waals surface area contributed by atoms with E-state index >= 15 is 0 Å². The van der Waals surface area contributed by atoms with Gasteiger partial charge in [-0.2, -0.15) is 0 Å². The summed E-state index contributed by atoms with van der Waals surface area (Å²) < 4.78 is 0. The first kappa shape index (κ1) is 42.0. The minimum Gasteiger partial charge on any atom is -0.550 e. The first-order valence-corrected chi connectivity index (χ1v) is 7.89. The number of hydrogen-bond acceptors (Lipinski definition) is 10. The molecule has 0 fully saturated rings.